The number of carbonyl (C=O) groups is 2. The molecular weight excluding hydrogens is 510 g/mol. The number of esters is 1. The van der Waals surface area contributed by atoms with Crippen LogP contribution in [-0.2, 0) is 19.8 Å². The highest BCUT2D eigenvalue weighted by Gasteiger charge is 2.54. The van der Waals surface area contributed by atoms with Crippen LogP contribution < -0.4 is 20.3 Å². The number of ether oxygens (including phenoxy) is 4. The van der Waals surface area contributed by atoms with Gasteiger partial charge in [0.05, 0.1) is 30.9 Å². The maximum atomic E-state index is 13.3. The SMILES string of the molecule is COC[C@H]1CCN1c1ccc2c(c1)Oc1cc(N3CC[C@@H]3COC)ccc1C21OC(=O)c2ccc(C(N)=O)cc21. The van der Waals surface area contributed by atoms with Crippen LogP contribution in [-0.4, -0.2) is 64.5 Å². The first-order valence-electron chi connectivity index (χ1n) is 13.6. The maximum absolute atomic E-state index is 13.3. The average Bonchev–Trinajstić information content (AvgIpc) is 3.21. The zero-order chi connectivity index (χ0) is 27.6. The van der Waals surface area contributed by atoms with Crippen molar-refractivity contribution in [3.8, 4) is 11.5 Å². The standard InChI is InChI=1S/C31H31N3O6/c1-37-16-21-9-11-33(21)19-4-7-24-27(14-19)39-28-15-20(34-12-10-22(34)17-38-2)5-8-25(28)31(24)26-13-18(29(32)35)3-6-23(26)30(36)40-31/h3-8,13-15,21-22H,9-12,16-17H2,1-2H3,(H2,32,35)/t21-,22-/m1/s1. The predicted molar refractivity (Wildman–Crippen MR) is 148 cm³/mol. The van der Waals surface area contributed by atoms with Gasteiger partial charge in [-0.2, -0.15) is 0 Å². The molecule has 9 heteroatoms. The molecule has 0 aliphatic carbocycles. The highest BCUT2D eigenvalue weighted by molar-refractivity contribution is 6.00. The fourth-order valence-electron chi connectivity index (χ4n) is 6.50. The molecule has 7 rings (SSSR count). The lowest BCUT2D eigenvalue weighted by atomic mass is 9.77. The molecule has 2 saturated heterocycles. The summed E-state index contributed by atoms with van der Waals surface area (Å²) in [5.41, 5.74) is 9.11. The molecule has 2 atom stereocenters. The number of methoxy groups -OCH3 is 2. The Morgan fingerprint density at radius 2 is 1.45 bits per heavy atom. The monoisotopic (exact) mass is 541 g/mol. The first-order valence-corrected chi connectivity index (χ1v) is 13.6. The molecule has 9 nitrogen and oxygen atoms in total. The molecule has 0 bridgehead atoms. The van der Waals surface area contributed by atoms with Crippen molar-refractivity contribution >= 4 is 23.3 Å². The van der Waals surface area contributed by atoms with Crippen LogP contribution in [0.1, 0.15) is 50.2 Å². The number of carbonyl (C=O) groups excluding carboxylic acids is 2. The lowest BCUT2D eigenvalue weighted by molar-refractivity contribution is 0.0224. The fraction of sp³-hybridized carbons (Fsp3) is 0.355. The van der Waals surface area contributed by atoms with E-state index in [1.807, 2.05) is 36.4 Å². The van der Waals surface area contributed by atoms with Crippen molar-refractivity contribution in [1.29, 1.82) is 0 Å². The summed E-state index contributed by atoms with van der Waals surface area (Å²) < 4.78 is 23.7. The summed E-state index contributed by atoms with van der Waals surface area (Å²) in [4.78, 5) is 30.1. The second kappa shape index (κ2) is 9.25. The molecule has 206 valence electrons. The summed E-state index contributed by atoms with van der Waals surface area (Å²) in [6.45, 7) is 3.14. The quantitative estimate of drug-likeness (QED) is 0.451. The van der Waals surface area contributed by atoms with Gasteiger partial charge in [0.15, 0.2) is 5.60 Å². The molecule has 0 aromatic heterocycles. The Morgan fingerprint density at radius 1 is 0.875 bits per heavy atom. The van der Waals surface area contributed by atoms with Crippen LogP contribution in [0.5, 0.6) is 11.5 Å². The second-order valence-corrected chi connectivity index (χ2v) is 10.8. The molecule has 3 aromatic carbocycles. The molecule has 1 amide bonds. The Kier molecular flexibility index (Phi) is 5.76. The van der Waals surface area contributed by atoms with Crippen molar-refractivity contribution in [2.24, 2.45) is 5.73 Å². The van der Waals surface area contributed by atoms with Gasteiger partial charge in [0, 0.05) is 73.1 Å². The number of hydrogen-bond acceptors (Lipinski definition) is 8. The van der Waals surface area contributed by atoms with Crippen molar-refractivity contribution in [2.45, 2.75) is 30.5 Å². The van der Waals surface area contributed by atoms with Crippen LogP contribution in [0, 0.1) is 0 Å². The van der Waals surface area contributed by atoms with E-state index in [1.54, 1.807) is 32.4 Å². The van der Waals surface area contributed by atoms with Gasteiger partial charge in [-0.05, 0) is 55.3 Å². The van der Waals surface area contributed by atoms with Crippen LogP contribution in [0.25, 0.3) is 0 Å². The van der Waals surface area contributed by atoms with Crippen molar-refractivity contribution in [3.05, 3.63) is 82.4 Å². The van der Waals surface area contributed by atoms with Crippen molar-refractivity contribution < 1.29 is 28.5 Å². The first kappa shape index (κ1) is 24.9. The largest absolute Gasteiger partial charge is 0.456 e. The van der Waals surface area contributed by atoms with Crippen molar-refractivity contribution in [3.63, 3.8) is 0 Å². The van der Waals surface area contributed by atoms with E-state index in [2.05, 4.69) is 9.80 Å². The molecule has 0 radical (unpaired) electrons. The second-order valence-electron chi connectivity index (χ2n) is 10.8. The summed E-state index contributed by atoms with van der Waals surface area (Å²) >= 11 is 0. The minimum atomic E-state index is -1.28. The third-order valence-corrected chi connectivity index (χ3v) is 8.73. The third-order valence-electron chi connectivity index (χ3n) is 8.73. The summed E-state index contributed by atoms with van der Waals surface area (Å²) in [6, 6.07) is 17.5. The van der Waals surface area contributed by atoms with Crippen molar-refractivity contribution in [2.75, 3.05) is 50.3 Å². The minimum Gasteiger partial charge on any atom is -0.456 e. The number of anilines is 2. The Hall–Kier alpha value is -4.08. The van der Waals surface area contributed by atoms with Gasteiger partial charge >= 0.3 is 5.97 Å². The number of nitrogens with zero attached hydrogens (tertiary/aromatic N) is 2. The van der Waals surface area contributed by atoms with Gasteiger partial charge in [-0.3, -0.25) is 4.79 Å². The van der Waals surface area contributed by atoms with E-state index in [0.717, 1.165) is 37.3 Å². The van der Waals surface area contributed by atoms with E-state index < -0.39 is 17.5 Å². The molecule has 0 unspecified atom stereocenters. The predicted octanol–water partition coefficient (Wildman–Crippen LogP) is 3.80. The van der Waals surface area contributed by atoms with Gasteiger partial charge in [0.2, 0.25) is 5.91 Å². The van der Waals surface area contributed by atoms with Gasteiger partial charge in [-0.1, -0.05) is 0 Å². The molecule has 1 spiro atoms. The number of rotatable bonds is 7. The van der Waals surface area contributed by atoms with E-state index in [0.29, 0.717) is 64.6 Å². The Labute approximate surface area is 232 Å². The topological polar surface area (TPSA) is 104 Å². The Bertz CT molecular complexity index is 1470. The number of nitrogens with two attached hydrogens (primary N) is 1. The van der Waals surface area contributed by atoms with Gasteiger partial charge < -0.3 is 34.5 Å². The van der Waals surface area contributed by atoms with E-state index in [4.69, 9.17) is 24.7 Å². The molecule has 3 aromatic rings. The number of fused-ring (bicyclic) bond motifs is 6. The first-order chi connectivity index (χ1) is 19.4. The van der Waals surface area contributed by atoms with E-state index in [9.17, 15) is 9.59 Å². The van der Waals surface area contributed by atoms with Crippen LogP contribution in [0.15, 0.2) is 54.6 Å². The van der Waals surface area contributed by atoms with Crippen LogP contribution in [0.3, 0.4) is 0 Å². The fourth-order valence-corrected chi connectivity index (χ4v) is 6.50. The number of amides is 1. The lowest BCUT2D eigenvalue weighted by Crippen LogP contribution is -2.50. The summed E-state index contributed by atoms with van der Waals surface area (Å²) in [6.07, 6.45) is 2.11. The average molecular weight is 542 g/mol. The normalized spacial score (nSPS) is 21.5. The molecule has 0 saturated carbocycles. The summed E-state index contributed by atoms with van der Waals surface area (Å²) in [5, 5.41) is 0. The lowest BCUT2D eigenvalue weighted by Gasteiger charge is -2.44. The van der Waals surface area contributed by atoms with Crippen LogP contribution in [0.2, 0.25) is 0 Å². The van der Waals surface area contributed by atoms with Gasteiger partial charge in [-0.15, -0.1) is 0 Å². The molecular formula is C31H31N3O6. The van der Waals surface area contributed by atoms with E-state index >= 15 is 0 Å². The molecule has 2 N–H and O–H groups in total. The zero-order valence-electron chi connectivity index (χ0n) is 22.5. The number of primary amides is 1. The maximum Gasteiger partial charge on any atom is 0.340 e. The highest BCUT2D eigenvalue weighted by Crippen LogP contribution is 2.57. The molecule has 4 aliphatic rings. The van der Waals surface area contributed by atoms with Crippen molar-refractivity contribution in [1.82, 2.24) is 0 Å². The van der Waals surface area contributed by atoms with Crippen LogP contribution in [0.4, 0.5) is 11.4 Å². The van der Waals surface area contributed by atoms with Crippen LogP contribution >= 0.6 is 0 Å². The van der Waals surface area contributed by atoms with Gasteiger partial charge in [0.1, 0.15) is 11.5 Å². The zero-order valence-corrected chi connectivity index (χ0v) is 22.5. The molecule has 40 heavy (non-hydrogen) atoms. The Balaban J connectivity index is 1.40. The molecule has 2 fully saturated rings. The van der Waals surface area contributed by atoms with E-state index in [1.165, 1.54) is 0 Å². The Morgan fingerprint density at radius 3 is 1.93 bits per heavy atom. The molecule has 4 aliphatic heterocycles. The van der Waals surface area contributed by atoms with E-state index in [-0.39, 0.29) is 0 Å². The van der Waals surface area contributed by atoms with Gasteiger partial charge in [-0.25, -0.2) is 4.79 Å². The van der Waals surface area contributed by atoms with Gasteiger partial charge in [0.25, 0.3) is 0 Å². The smallest absolute Gasteiger partial charge is 0.340 e. The third kappa shape index (κ3) is 3.54. The summed E-state index contributed by atoms with van der Waals surface area (Å²) in [5.74, 6) is 0.183. The highest BCUT2D eigenvalue weighted by atomic mass is 16.6. The number of hydrogen-bond donors (Lipinski definition) is 1. The number of benzene rings is 3. The minimum absolute atomic E-state index is 0.298. The summed E-state index contributed by atoms with van der Waals surface area (Å²) in [7, 11) is 3.43. The molecule has 4 heterocycles.